The number of aromatic nitrogens is 2. The van der Waals surface area contributed by atoms with Crippen LogP contribution in [-0.2, 0) is 26.0 Å². The van der Waals surface area contributed by atoms with Gasteiger partial charge in [-0.3, -0.25) is 14.6 Å². The van der Waals surface area contributed by atoms with Crippen molar-refractivity contribution in [1.82, 2.24) is 24.7 Å². The molecule has 39 heavy (non-hydrogen) atoms. The van der Waals surface area contributed by atoms with Crippen molar-refractivity contribution in [2.45, 2.75) is 63.3 Å². The molecule has 0 saturated carbocycles. The van der Waals surface area contributed by atoms with Crippen molar-refractivity contribution >= 4 is 38.9 Å². The molecule has 1 aromatic carbocycles. The summed E-state index contributed by atoms with van der Waals surface area (Å²) in [6, 6.07) is 7.66. The number of H-pyrrole nitrogens is 1. The van der Waals surface area contributed by atoms with Crippen LogP contribution in [-0.4, -0.2) is 66.4 Å². The van der Waals surface area contributed by atoms with Crippen molar-refractivity contribution in [3.05, 3.63) is 53.4 Å². The minimum Gasteiger partial charge on any atom is -0.348 e. The standard InChI is InChI=1S/C27H36N6O4S2/c1-4-25(34)30-26-20(23-13-9-17-38-23)10-7-14-24(26)39(36,37)31-22(12-8-11-21-19(2)28-18-29-21)27(35)32(3)33-15-5-6-16-33/h7,9-10,13-14,17-18,22,31H,4-6,8,11-12,15-16H2,1-3H3,(H,28,29)(H,30,34)/t22-/m0/s1. The number of hydrogen-bond acceptors (Lipinski definition) is 7. The van der Waals surface area contributed by atoms with Gasteiger partial charge < -0.3 is 10.3 Å². The lowest BCUT2D eigenvalue weighted by Gasteiger charge is -2.31. The van der Waals surface area contributed by atoms with Gasteiger partial charge in [0.1, 0.15) is 10.9 Å². The molecule has 0 radical (unpaired) electrons. The van der Waals surface area contributed by atoms with E-state index in [9.17, 15) is 18.0 Å². The Balaban J connectivity index is 1.64. The van der Waals surface area contributed by atoms with Gasteiger partial charge in [0, 0.05) is 42.7 Å². The van der Waals surface area contributed by atoms with Crippen molar-refractivity contribution in [3.63, 3.8) is 0 Å². The van der Waals surface area contributed by atoms with Crippen LogP contribution in [0.15, 0.2) is 46.9 Å². The van der Waals surface area contributed by atoms with Crippen LogP contribution in [0.1, 0.15) is 50.4 Å². The third kappa shape index (κ3) is 6.93. The number of carbonyl (C=O) groups excluding carboxylic acids is 2. The monoisotopic (exact) mass is 572 g/mol. The number of hydrogen-bond donors (Lipinski definition) is 3. The van der Waals surface area contributed by atoms with E-state index in [0.29, 0.717) is 24.8 Å². The van der Waals surface area contributed by atoms with Gasteiger partial charge in [-0.15, -0.1) is 11.3 Å². The fourth-order valence-electron chi connectivity index (χ4n) is 4.71. The van der Waals surface area contributed by atoms with Gasteiger partial charge in [0.2, 0.25) is 15.9 Å². The average Bonchev–Trinajstić information content (AvgIpc) is 3.71. The largest absolute Gasteiger partial charge is 0.348 e. The van der Waals surface area contributed by atoms with Crippen molar-refractivity contribution in [2.24, 2.45) is 0 Å². The van der Waals surface area contributed by atoms with Gasteiger partial charge in [-0.05, 0) is 56.5 Å². The molecule has 0 aliphatic carbocycles. The van der Waals surface area contributed by atoms with Gasteiger partial charge in [0.05, 0.1) is 17.7 Å². The summed E-state index contributed by atoms with van der Waals surface area (Å²) in [5.41, 5.74) is 2.67. The van der Waals surface area contributed by atoms with Gasteiger partial charge in [-0.1, -0.05) is 25.1 Å². The Morgan fingerprint density at radius 2 is 1.97 bits per heavy atom. The number of amides is 2. The molecule has 3 heterocycles. The molecule has 10 nitrogen and oxygen atoms in total. The quantitative estimate of drug-likeness (QED) is 0.302. The summed E-state index contributed by atoms with van der Waals surface area (Å²) in [4.78, 5) is 34.2. The SMILES string of the molecule is CCC(=O)Nc1c(-c2cccs2)cccc1S(=O)(=O)N[C@@H](CCCc1nc[nH]c1C)C(=O)N(C)N1CCCC1. The number of aryl methyl sites for hydroxylation is 2. The maximum absolute atomic E-state index is 13.9. The van der Waals surface area contributed by atoms with E-state index < -0.39 is 16.1 Å². The predicted octanol–water partition coefficient (Wildman–Crippen LogP) is 3.93. The van der Waals surface area contributed by atoms with Crippen molar-refractivity contribution in [1.29, 1.82) is 0 Å². The van der Waals surface area contributed by atoms with Crippen molar-refractivity contribution < 1.29 is 18.0 Å². The molecule has 2 aromatic heterocycles. The zero-order valence-electron chi connectivity index (χ0n) is 22.6. The van der Waals surface area contributed by atoms with Crippen LogP contribution in [0.4, 0.5) is 5.69 Å². The lowest BCUT2D eigenvalue weighted by atomic mass is 10.1. The van der Waals surface area contributed by atoms with Crippen molar-refractivity contribution in [2.75, 3.05) is 25.5 Å². The molecule has 210 valence electrons. The number of thiophene rings is 1. The smallest absolute Gasteiger partial charge is 0.254 e. The van der Waals surface area contributed by atoms with Crippen LogP contribution >= 0.6 is 11.3 Å². The number of aromatic amines is 1. The highest BCUT2D eigenvalue weighted by atomic mass is 32.2. The maximum atomic E-state index is 13.9. The molecule has 2 amide bonds. The Labute approximate surface area is 233 Å². The highest BCUT2D eigenvalue weighted by molar-refractivity contribution is 7.89. The summed E-state index contributed by atoms with van der Waals surface area (Å²) in [6.45, 7) is 5.15. The van der Waals surface area contributed by atoms with Crippen LogP contribution in [0.3, 0.4) is 0 Å². The summed E-state index contributed by atoms with van der Waals surface area (Å²) in [5.74, 6) is -0.612. The topological polar surface area (TPSA) is 127 Å². The van der Waals surface area contributed by atoms with E-state index in [1.54, 1.807) is 37.4 Å². The first-order valence-corrected chi connectivity index (χ1v) is 15.6. The van der Waals surface area contributed by atoms with Crippen LogP contribution in [0.25, 0.3) is 10.4 Å². The van der Waals surface area contributed by atoms with Gasteiger partial charge in [-0.2, -0.15) is 4.72 Å². The second-order valence-corrected chi connectivity index (χ2v) is 12.3. The molecule has 1 aliphatic heterocycles. The summed E-state index contributed by atoms with van der Waals surface area (Å²) in [7, 11) is -2.51. The molecule has 4 rings (SSSR count). The van der Waals surface area contributed by atoms with E-state index in [4.69, 9.17) is 0 Å². The summed E-state index contributed by atoms with van der Waals surface area (Å²) >= 11 is 1.45. The Bertz CT molecular complexity index is 1380. The molecule has 1 aliphatic rings. The highest BCUT2D eigenvalue weighted by Gasteiger charge is 2.32. The van der Waals surface area contributed by atoms with Crippen LogP contribution in [0.2, 0.25) is 0 Å². The number of hydrazine groups is 1. The van der Waals surface area contributed by atoms with Crippen LogP contribution < -0.4 is 10.0 Å². The molecule has 0 bridgehead atoms. The zero-order chi connectivity index (χ0) is 28.0. The molecule has 0 unspecified atom stereocenters. The second kappa shape index (κ2) is 12.9. The fourth-order valence-corrected chi connectivity index (χ4v) is 6.88. The van der Waals surface area contributed by atoms with E-state index in [2.05, 4.69) is 20.0 Å². The third-order valence-corrected chi connectivity index (χ3v) is 9.37. The maximum Gasteiger partial charge on any atom is 0.254 e. The summed E-state index contributed by atoms with van der Waals surface area (Å²) in [6.07, 6.45) is 5.27. The average molecular weight is 573 g/mol. The summed E-state index contributed by atoms with van der Waals surface area (Å²) < 4.78 is 30.5. The normalized spacial score (nSPS) is 14.8. The first-order chi connectivity index (χ1) is 18.7. The van der Waals surface area contributed by atoms with Gasteiger partial charge >= 0.3 is 0 Å². The van der Waals surface area contributed by atoms with Gasteiger partial charge in [0.25, 0.3) is 5.91 Å². The number of para-hydroxylation sites is 1. The molecule has 1 fully saturated rings. The number of anilines is 1. The molecular formula is C27H36N6O4S2. The predicted molar refractivity (Wildman–Crippen MR) is 153 cm³/mol. The zero-order valence-corrected chi connectivity index (χ0v) is 24.2. The highest BCUT2D eigenvalue weighted by Crippen LogP contribution is 2.36. The minimum absolute atomic E-state index is 0.0695. The molecule has 1 atom stereocenters. The number of carbonyl (C=O) groups is 2. The fraction of sp³-hybridized carbons (Fsp3) is 0.444. The van der Waals surface area contributed by atoms with Crippen LogP contribution in [0.5, 0.6) is 0 Å². The number of imidazole rings is 1. The second-order valence-electron chi connectivity index (χ2n) is 9.62. The number of sulfonamides is 1. The Hall–Kier alpha value is -3.06. The number of rotatable bonds is 12. The molecule has 0 spiro atoms. The number of nitrogens with one attached hydrogen (secondary N) is 3. The molecule has 3 aromatic rings. The molecule has 12 heteroatoms. The molecular weight excluding hydrogens is 536 g/mol. The Morgan fingerprint density at radius 1 is 1.21 bits per heavy atom. The first-order valence-electron chi connectivity index (χ1n) is 13.2. The minimum atomic E-state index is -4.20. The molecule has 3 N–H and O–H groups in total. The van der Waals surface area contributed by atoms with Crippen molar-refractivity contribution in [3.8, 4) is 10.4 Å². The Morgan fingerprint density at radius 3 is 2.62 bits per heavy atom. The van der Waals surface area contributed by atoms with Gasteiger partial charge in [0.15, 0.2) is 0 Å². The van der Waals surface area contributed by atoms with E-state index in [-0.39, 0.29) is 28.8 Å². The Kier molecular flexibility index (Phi) is 9.54. The first kappa shape index (κ1) is 28.9. The van der Waals surface area contributed by atoms with Gasteiger partial charge in [-0.25, -0.2) is 18.4 Å². The van der Waals surface area contributed by atoms with E-state index >= 15 is 0 Å². The number of nitrogens with zero attached hydrogens (tertiary/aromatic N) is 3. The van der Waals surface area contributed by atoms with E-state index in [1.807, 2.05) is 29.4 Å². The number of likely N-dealkylation sites (N-methyl/N-ethyl adjacent to an activating group) is 1. The third-order valence-electron chi connectivity index (χ3n) is 6.95. The summed E-state index contributed by atoms with van der Waals surface area (Å²) in [5, 5.41) is 8.18. The van der Waals surface area contributed by atoms with E-state index in [0.717, 1.165) is 42.2 Å². The molecule has 1 saturated heterocycles. The number of benzene rings is 1. The lowest BCUT2D eigenvalue weighted by molar-refractivity contribution is -0.146. The van der Waals surface area contributed by atoms with E-state index in [1.165, 1.54) is 17.4 Å². The lowest BCUT2D eigenvalue weighted by Crippen LogP contribution is -2.52. The van der Waals surface area contributed by atoms with Crippen LogP contribution in [0, 0.1) is 6.92 Å².